The molecular weight excluding hydrogens is 480 g/mol. The highest BCUT2D eigenvalue weighted by molar-refractivity contribution is 6.30. The minimum absolute atomic E-state index is 0.0335. The van der Waals surface area contributed by atoms with E-state index in [9.17, 15) is 22.4 Å². The second kappa shape index (κ2) is 9.34. The van der Waals surface area contributed by atoms with E-state index in [4.69, 9.17) is 21.1 Å². The molecule has 34 heavy (non-hydrogen) atoms. The highest BCUT2D eigenvalue weighted by Gasteiger charge is 2.29. The first-order chi connectivity index (χ1) is 16.1. The summed E-state index contributed by atoms with van der Waals surface area (Å²) in [5.74, 6) is -0.661. The van der Waals surface area contributed by atoms with Crippen molar-refractivity contribution >= 4 is 29.0 Å². The zero-order valence-corrected chi connectivity index (χ0v) is 18.4. The first kappa shape index (κ1) is 23.6. The monoisotopic (exact) mass is 496 g/mol. The van der Waals surface area contributed by atoms with Gasteiger partial charge in [0.05, 0.1) is 29.0 Å². The molecule has 178 valence electrons. The summed E-state index contributed by atoms with van der Waals surface area (Å²) in [7, 11) is 1.85. The molecule has 3 heterocycles. The van der Waals surface area contributed by atoms with Crippen LogP contribution in [0.4, 0.5) is 29.1 Å². The van der Waals surface area contributed by atoms with E-state index < -0.39 is 24.5 Å². The lowest BCUT2D eigenvalue weighted by molar-refractivity contribution is -0.154. The van der Waals surface area contributed by atoms with Crippen molar-refractivity contribution in [3.05, 3.63) is 59.1 Å². The minimum Gasteiger partial charge on any atom is -0.488 e. The lowest BCUT2D eigenvalue weighted by Crippen LogP contribution is -2.30. The smallest absolute Gasteiger partial charge is 0.422 e. The van der Waals surface area contributed by atoms with Crippen molar-refractivity contribution in [2.75, 3.05) is 37.0 Å². The van der Waals surface area contributed by atoms with Crippen molar-refractivity contribution in [3.63, 3.8) is 0 Å². The number of benzene rings is 1. The fraction of sp³-hybridized carbons (Fsp3) is 0.227. The molecule has 0 bridgehead atoms. The number of likely N-dealkylation sites (N-methyl/N-ethyl adjacent to an activating group) is 1. The number of nitrogens with one attached hydrogen (secondary N) is 1. The van der Waals surface area contributed by atoms with Crippen LogP contribution in [-0.2, 0) is 0 Å². The zero-order valence-electron chi connectivity index (χ0n) is 17.6. The maximum Gasteiger partial charge on any atom is 0.422 e. The van der Waals surface area contributed by atoms with Gasteiger partial charge >= 0.3 is 6.18 Å². The van der Waals surface area contributed by atoms with E-state index in [1.54, 1.807) is 0 Å². The molecule has 0 spiro atoms. The molecule has 0 unspecified atom stereocenters. The highest BCUT2D eigenvalue weighted by atomic mass is 35.5. The largest absolute Gasteiger partial charge is 0.488 e. The summed E-state index contributed by atoms with van der Waals surface area (Å²) >= 11 is 5.71. The van der Waals surface area contributed by atoms with Crippen molar-refractivity contribution in [1.82, 2.24) is 9.97 Å². The van der Waals surface area contributed by atoms with Crippen LogP contribution in [0, 0.1) is 5.82 Å². The highest BCUT2D eigenvalue weighted by Crippen LogP contribution is 2.34. The van der Waals surface area contributed by atoms with Gasteiger partial charge in [-0.15, -0.1) is 0 Å². The fourth-order valence-electron chi connectivity index (χ4n) is 3.21. The number of nitrogens with zero attached hydrogens (tertiary/aromatic N) is 3. The van der Waals surface area contributed by atoms with Crippen LogP contribution in [0.15, 0.2) is 42.7 Å². The van der Waals surface area contributed by atoms with E-state index in [0.29, 0.717) is 24.7 Å². The number of carbonyl (C=O) groups is 1. The molecule has 1 aromatic carbocycles. The SMILES string of the molecule is CN1CCOc2cc(C(=O)Nc3cnc(OCC(F)(F)F)c(-c4ccc(Cl)c(F)c4)c3)cnc21. The Balaban J connectivity index is 1.63. The van der Waals surface area contributed by atoms with Gasteiger partial charge in [-0.3, -0.25) is 4.79 Å². The fourth-order valence-corrected chi connectivity index (χ4v) is 3.33. The van der Waals surface area contributed by atoms with Crippen LogP contribution in [0.2, 0.25) is 5.02 Å². The van der Waals surface area contributed by atoms with Crippen LogP contribution in [0.25, 0.3) is 11.1 Å². The van der Waals surface area contributed by atoms with Gasteiger partial charge in [-0.2, -0.15) is 13.2 Å². The van der Waals surface area contributed by atoms with Gasteiger partial charge in [0.25, 0.3) is 5.91 Å². The Morgan fingerprint density at radius 3 is 2.76 bits per heavy atom. The lowest BCUT2D eigenvalue weighted by Gasteiger charge is -2.26. The van der Waals surface area contributed by atoms with Gasteiger partial charge in [0.2, 0.25) is 5.88 Å². The number of hydrogen-bond acceptors (Lipinski definition) is 6. The van der Waals surface area contributed by atoms with E-state index in [2.05, 4.69) is 15.3 Å². The second-order valence-electron chi connectivity index (χ2n) is 7.38. The van der Waals surface area contributed by atoms with Crippen LogP contribution in [-0.4, -0.2) is 48.9 Å². The molecular formula is C22H17ClF4N4O3. The van der Waals surface area contributed by atoms with Crippen LogP contribution >= 0.6 is 11.6 Å². The molecule has 1 aliphatic heterocycles. The molecule has 1 aliphatic rings. The number of pyridine rings is 2. The standard InChI is InChI=1S/C22H17ClF4N4O3/c1-31-4-5-33-18-7-13(9-28-19(18)31)20(32)30-14-8-15(12-2-3-16(23)17(24)6-12)21(29-10-14)34-11-22(25,26)27/h2-3,6-10H,4-5,11H2,1H3,(H,30,32). The molecule has 1 N–H and O–H groups in total. The van der Waals surface area contributed by atoms with E-state index >= 15 is 0 Å². The second-order valence-corrected chi connectivity index (χ2v) is 7.79. The summed E-state index contributed by atoms with van der Waals surface area (Å²) in [6.45, 7) is -0.487. The van der Waals surface area contributed by atoms with E-state index in [0.717, 1.165) is 12.3 Å². The van der Waals surface area contributed by atoms with Crippen LogP contribution in [0.1, 0.15) is 10.4 Å². The Morgan fingerprint density at radius 2 is 2.03 bits per heavy atom. The van der Waals surface area contributed by atoms with E-state index in [-0.39, 0.29) is 33.3 Å². The predicted molar refractivity (Wildman–Crippen MR) is 117 cm³/mol. The molecule has 0 atom stereocenters. The first-order valence-electron chi connectivity index (χ1n) is 9.91. The maximum atomic E-state index is 14.0. The van der Waals surface area contributed by atoms with Gasteiger partial charge in [-0.05, 0) is 29.8 Å². The van der Waals surface area contributed by atoms with Crippen molar-refractivity contribution in [3.8, 4) is 22.8 Å². The Labute approximate surface area is 196 Å². The first-order valence-corrected chi connectivity index (χ1v) is 10.3. The van der Waals surface area contributed by atoms with E-state index in [1.165, 1.54) is 30.5 Å². The van der Waals surface area contributed by atoms with Crippen LogP contribution < -0.4 is 19.7 Å². The molecule has 1 amide bonds. The number of alkyl halides is 3. The Kier molecular flexibility index (Phi) is 6.47. The Morgan fingerprint density at radius 1 is 1.24 bits per heavy atom. The molecule has 4 rings (SSSR count). The van der Waals surface area contributed by atoms with Crippen molar-refractivity contribution < 1.29 is 31.8 Å². The van der Waals surface area contributed by atoms with Gasteiger partial charge in [0.1, 0.15) is 12.4 Å². The van der Waals surface area contributed by atoms with Crippen LogP contribution in [0.3, 0.4) is 0 Å². The number of ether oxygens (including phenoxy) is 2. The molecule has 0 saturated carbocycles. The number of fused-ring (bicyclic) bond motifs is 1. The summed E-state index contributed by atoms with van der Waals surface area (Å²) in [6.07, 6.45) is -2.09. The number of halogens is 5. The van der Waals surface area contributed by atoms with Crippen molar-refractivity contribution in [1.29, 1.82) is 0 Å². The number of carbonyl (C=O) groups excluding carboxylic acids is 1. The predicted octanol–water partition coefficient (Wildman–Crippen LogP) is 4.96. The normalized spacial score (nSPS) is 13.2. The van der Waals surface area contributed by atoms with Crippen LogP contribution in [0.5, 0.6) is 11.6 Å². The number of aromatic nitrogens is 2. The summed E-state index contributed by atoms with van der Waals surface area (Å²) in [5.41, 5.74) is 0.539. The number of amides is 1. The molecule has 0 saturated heterocycles. The summed E-state index contributed by atoms with van der Waals surface area (Å²) in [5, 5.41) is 2.44. The molecule has 2 aromatic heterocycles. The quantitative estimate of drug-likeness (QED) is 0.503. The maximum absolute atomic E-state index is 14.0. The molecule has 0 fully saturated rings. The van der Waals surface area contributed by atoms with Gasteiger partial charge in [-0.25, -0.2) is 14.4 Å². The van der Waals surface area contributed by atoms with Gasteiger partial charge in [-0.1, -0.05) is 17.7 Å². The number of anilines is 2. The van der Waals surface area contributed by atoms with Gasteiger partial charge in [0, 0.05) is 18.8 Å². The van der Waals surface area contributed by atoms with E-state index in [1.807, 2.05) is 11.9 Å². The summed E-state index contributed by atoms with van der Waals surface area (Å²) in [6, 6.07) is 6.55. The Bertz CT molecular complexity index is 1240. The topological polar surface area (TPSA) is 76.6 Å². The lowest BCUT2D eigenvalue weighted by atomic mass is 10.1. The van der Waals surface area contributed by atoms with Gasteiger partial charge in [0.15, 0.2) is 18.2 Å². The average Bonchev–Trinajstić information content (AvgIpc) is 2.79. The molecule has 0 aliphatic carbocycles. The summed E-state index contributed by atoms with van der Waals surface area (Å²) in [4.78, 5) is 22.8. The number of rotatable bonds is 5. The molecule has 12 heteroatoms. The third-order valence-electron chi connectivity index (χ3n) is 4.85. The third-order valence-corrected chi connectivity index (χ3v) is 5.16. The number of hydrogen-bond donors (Lipinski definition) is 1. The summed E-state index contributed by atoms with van der Waals surface area (Å²) < 4.78 is 62.4. The zero-order chi connectivity index (χ0) is 24.5. The van der Waals surface area contributed by atoms with Crippen molar-refractivity contribution in [2.24, 2.45) is 0 Å². The molecule has 0 radical (unpaired) electrons. The molecule has 7 nitrogen and oxygen atoms in total. The third kappa shape index (κ3) is 5.30. The average molecular weight is 497 g/mol. The molecule has 3 aromatic rings. The minimum atomic E-state index is -4.60. The van der Waals surface area contributed by atoms with Gasteiger partial charge < -0.3 is 19.7 Å². The van der Waals surface area contributed by atoms with Crippen molar-refractivity contribution in [2.45, 2.75) is 6.18 Å². The Hall–Kier alpha value is -3.60.